The van der Waals surface area contributed by atoms with Crippen molar-refractivity contribution in [2.24, 2.45) is 10.8 Å². The topological polar surface area (TPSA) is 109 Å². The molecule has 13 heteroatoms. The number of likely N-dealkylation sites (tertiary alicyclic amines) is 1. The molecule has 1 aromatic carbocycles. The number of fused-ring (bicyclic) bond motifs is 1. The Balaban J connectivity index is 0.854. The first-order chi connectivity index (χ1) is 25.1. The molecule has 1 saturated carbocycles. The van der Waals surface area contributed by atoms with Crippen LogP contribution in [0.4, 0.5) is 10.2 Å². The Kier molecular flexibility index (Phi) is 9.54. The number of aromatic nitrogens is 4. The zero-order chi connectivity index (χ0) is 36.0. The summed E-state index contributed by atoms with van der Waals surface area (Å²) in [6, 6.07) is 5.86. The number of nitrogens with zero attached hydrogens (tertiary/aromatic N) is 8. The zero-order valence-corrected chi connectivity index (χ0v) is 30.9. The molecule has 5 aliphatic rings. The first-order valence-corrected chi connectivity index (χ1v) is 19.0. The number of carbonyl (C=O) groups is 1. The van der Waals surface area contributed by atoms with Gasteiger partial charge in [-0.05, 0) is 90.7 Å². The largest absolute Gasteiger partial charge is 0.490 e. The molecule has 1 amide bonds. The summed E-state index contributed by atoms with van der Waals surface area (Å²) in [5.41, 5.74) is 3.14. The molecule has 12 nitrogen and oxygen atoms in total. The van der Waals surface area contributed by atoms with Gasteiger partial charge in [-0.15, -0.1) is 10.2 Å². The van der Waals surface area contributed by atoms with Gasteiger partial charge in [-0.2, -0.15) is 0 Å². The Morgan fingerprint density at radius 2 is 1.81 bits per heavy atom. The number of amides is 1. The predicted molar refractivity (Wildman–Crippen MR) is 193 cm³/mol. The fraction of sp³-hybridized carbons (Fsp3) is 0.615. The van der Waals surface area contributed by atoms with E-state index in [4.69, 9.17) is 19.2 Å². The Bertz CT molecular complexity index is 1750. The van der Waals surface area contributed by atoms with E-state index < -0.39 is 5.82 Å². The summed E-state index contributed by atoms with van der Waals surface area (Å²) in [6.07, 6.45) is 8.71. The number of rotatable bonds is 12. The number of carbonyl (C=O) groups excluding carboxylic acids is 1. The van der Waals surface area contributed by atoms with Gasteiger partial charge >= 0.3 is 0 Å². The van der Waals surface area contributed by atoms with Gasteiger partial charge in [0.1, 0.15) is 29.7 Å². The van der Waals surface area contributed by atoms with Crippen LogP contribution in [0.1, 0.15) is 75.0 Å². The van der Waals surface area contributed by atoms with Crippen molar-refractivity contribution < 1.29 is 23.4 Å². The quantitative estimate of drug-likeness (QED) is 0.254. The second kappa shape index (κ2) is 14.1. The predicted octanol–water partition coefficient (Wildman–Crippen LogP) is 4.98. The Labute approximate surface area is 305 Å². The zero-order valence-electron chi connectivity index (χ0n) is 30.9. The molecular weight excluding hydrogens is 663 g/mol. The lowest BCUT2D eigenvalue weighted by atomic mass is 9.61. The van der Waals surface area contributed by atoms with Crippen molar-refractivity contribution in [2.45, 2.75) is 84.5 Å². The van der Waals surface area contributed by atoms with Gasteiger partial charge in [0.25, 0.3) is 11.8 Å². The molecule has 3 aromatic rings. The molecule has 0 N–H and O–H groups in total. The van der Waals surface area contributed by atoms with Crippen molar-refractivity contribution in [2.75, 3.05) is 63.9 Å². The minimum absolute atomic E-state index is 0.0745. The van der Waals surface area contributed by atoms with E-state index in [0.717, 1.165) is 77.5 Å². The summed E-state index contributed by atoms with van der Waals surface area (Å²) in [4.78, 5) is 31.8. The van der Waals surface area contributed by atoms with Crippen LogP contribution in [0.2, 0.25) is 0 Å². The SMILES string of the molecule is CC(C)N(C(=O)c1cc(F)ccc1Oc1nncnc1N1CC2(CC(Oc3ccnc4c3CN(CCCN3CC5(CCOC5)C3)CC4)C2)C1)C(C)C. The molecule has 3 saturated heterocycles. The van der Waals surface area contributed by atoms with Crippen LogP contribution in [0.5, 0.6) is 17.4 Å². The van der Waals surface area contributed by atoms with Crippen molar-refractivity contribution in [3.05, 3.63) is 59.4 Å². The third kappa shape index (κ3) is 6.94. The average Bonchev–Trinajstić information content (AvgIpc) is 3.56. The van der Waals surface area contributed by atoms with Gasteiger partial charge in [-0.25, -0.2) is 9.37 Å². The molecule has 0 bridgehead atoms. The number of pyridine rings is 1. The van der Waals surface area contributed by atoms with E-state index in [1.807, 2.05) is 40.0 Å². The van der Waals surface area contributed by atoms with E-state index in [1.165, 1.54) is 61.7 Å². The third-order valence-electron chi connectivity index (χ3n) is 11.7. The first kappa shape index (κ1) is 35.1. The number of benzene rings is 1. The Morgan fingerprint density at radius 3 is 2.56 bits per heavy atom. The fourth-order valence-corrected chi connectivity index (χ4v) is 9.19. The molecule has 4 fully saturated rings. The summed E-state index contributed by atoms with van der Waals surface area (Å²) in [6.45, 7) is 17.8. The van der Waals surface area contributed by atoms with E-state index in [0.29, 0.717) is 11.2 Å². The maximum Gasteiger partial charge on any atom is 0.282 e. The van der Waals surface area contributed by atoms with Crippen LogP contribution in [0, 0.1) is 16.6 Å². The highest BCUT2D eigenvalue weighted by Gasteiger charge is 2.54. The molecule has 278 valence electrons. The standard InChI is InChI=1S/C39H51FN8O4/c1-26(2)48(27(3)4)37(49)30-16-28(40)6-7-33(30)52-36-35(42-25-43-44-36)47-22-39(23-47)17-29(18-39)51-34-8-11-41-32-9-14-45(19-31(32)34)12-5-13-46-20-38(21-46)10-15-50-24-38/h6-8,11,16,25-27,29H,5,9-10,12-15,17-24H2,1-4H3. The maximum atomic E-state index is 14.4. The molecule has 0 atom stereocenters. The highest BCUT2D eigenvalue weighted by Crippen LogP contribution is 2.52. The van der Waals surface area contributed by atoms with Crippen LogP contribution in [-0.4, -0.2) is 118 Å². The van der Waals surface area contributed by atoms with Gasteiger partial charge in [-0.1, -0.05) is 0 Å². The first-order valence-electron chi connectivity index (χ1n) is 19.0. The molecule has 6 heterocycles. The molecule has 0 radical (unpaired) electrons. The maximum absolute atomic E-state index is 14.4. The van der Waals surface area contributed by atoms with Crippen molar-refractivity contribution in [1.29, 1.82) is 0 Å². The van der Waals surface area contributed by atoms with Crippen molar-refractivity contribution in [3.8, 4) is 17.4 Å². The molecule has 8 rings (SSSR count). The van der Waals surface area contributed by atoms with Crippen molar-refractivity contribution in [3.63, 3.8) is 0 Å². The van der Waals surface area contributed by atoms with Crippen molar-refractivity contribution in [1.82, 2.24) is 34.9 Å². The average molecular weight is 715 g/mol. The lowest BCUT2D eigenvalue weighted by Crippen LogP contribution is -2.65. The number of hydrogen-bond donors (Lipinski definition) is 0. The third-order valence-corrected chi connectivity index (χ3v) is 11.7. The van der Waals surface area contributed by atoms with E-state index in [9.17, 15) is 9.18 Å². The smallest absolute Gasteiger partial charge is 0.282 e. The van der Waals surface area contributed by atoms with E-state index in [1.54, 1.807) is 4.90 Å². The molecule has 2 spiro atoms. The molecule has 4 aliphatic heterocycles. The van der Waals surface area contributed by atoms with Gasteiger partial charge < -0.3 is 28.9 Å². The van der Waals surface area contributed by atoms with E-state index in [2.05, 4.69) is 29.9 Å². The summed E-state index contributed by atoms with van der Waals surface area (Å²) in [5, 5.41) is 8.20. The lowest BCUT2D eigenvalue weighted by molar-refractivity contribution is -0.0353. The van der Waals surface area contributed by atoms with Crippen LogP contribution in [0.3, 0.4) is 0 Å². The van der Waals surface area contributed by atoms with Crippen LogP contribution >= 0.6 is 0 Å². The highest BCUT2D eigenvalue weighted by molar-refractivity contribution is 5.97. The minimum atomic E-state index is -0.512. The van der Waals surface area contributed by atoms with Gasteiger partial charge in [0.05, 0.1) is 12.2 Å². The molecule has 0 unspecified atom stereocenters. The molecule has 52 heavy (non-hydrogen) atoms. The van der Waals surface area contributed by atoms with Crippen LogP contribution in [0.15, 0.2) is 36.8 Å². The molecule has 1 aliphatic carbocycles. The number of anilines is 1. The Morgan fingerprint density at radius 1 is 1.02 bits per heavy atom. The minimum Gasteiger partial charge on any atom is -0.490 e. The van der Waals surface area contributed by atoms with Crippen LogP contribution in [0.25, 0.3) is 0 Å². The van der Waals surface area contributed by atoms with Crippen LogP contribution < -0.4 is 14.4 Å². The summed E-state index contributed by atoms with van der Waals surface area (Å²) < 4.78 is 32.9. The number of halogens is 1. The highest BCUT2D eigenvalue weighted by atomic mass is 19.1. The van der Waals surface area contributed by atoms with Crippen molar-refractivity contribution >= 4 is 11.7 Å². The van der Waals surface area contributed by atoms with E-state index >= 15 is 0 Å². The van der Waals surface area contributed by atoms with Gasteiger partial charge in [0.15, 0.2) is 5.82 Å². The summed E-state index contributed by atoms with van der Waals surface area (Å²) in [5.74, 6) is 1.13. The normalized spacial score (nSPS) is 20.9. The summed E-state index contributed by atoms with van der Waals surface area (Å²) in [7, 11) is 0. The monoisotopic (exact) mass is 714 g/mol. The second-order valence-corrected chi connectivity index (χ2v) is 16.4. The lowest BCUT2D eigenvalue weighted by Gasteiger charge is -2.58. The summed E-state index contributed by atoms with van der Waals surface area (Å²) >= 11 is 0. The van der Waals surface area contributed by atoms with Gasteiger partial charge in [0.2, 0.25) is 0 Å². The number of hydrogen-bond acceptors (Lipinski definition) is 11. The molecular formula is C39H51FN8O4. The Hall–Kier alpha value is -3.94. The van der Waals surface area contributed by atoms with Gasteiger partial charge in [-0.3, -0.25) is 14.7 Å². The van der Waals surface area contributed by atoms with E-state index in [-0.39, 0.29) is 46.7 Å². The second-order valence-electron chi connectivity index (χ2n) is 16.4. The van der Waals surface area contributed by atoms with Gasteiger partial charge in [0, 0.05) is 92.7 Å². The fourth-order valence-electron chi connectivity index (χ4n) is 9.19. The number of ether oxygens (including phenoxy) is 3. The molecule has 2 aromatic heterocycles. The van der Waals surface area contributed by atoms with Crippen LogP contribution in [-0.2, 0) is 17.7 Å².